The zero-order valence-electron chi connectivity index (χ0n) is 10.9. The average molecular weight is 227 g/mol. The summed E-state index contributed by atoms with van der Waals surface area (Å²) in [5, 5.41) is 9.69. The van der Waals surface area contributed by atoms with Gasteiger partial charge in [-0.25, -0.2) is 0 Å². The minimum absolute atomic E-state index is 0.102. The van der Waals surface area contributed by atoms with E-state index in [-0.39, 0.29) is 11.4 Å². The first-order valence-electron chi connectivity index (χ1n) is 6.11. The van der Waals surface area contributed by atoms with Gasteiger partial charge >= 0.3 is 0 Å². The highest BCUT2D eigenvalue weighted by Crippen LogP contribution is 2.19. The number of carbonyl (C=O) groups excluding carboxylic acids is 1. The van der Waals surface area contributed by atoms with Crippen molar-refractivity contribution in [3.8, 4) is 0 Å². The molecule has 1 heterocycles. The van der Waals surface area contributed by atoms with Crippen LogP contribution >= 0.6 is 0 Å². The van der Waals surface area contributed by atoms with Gasteiger partial charge in [-0.2, -0.15) is 0 Å². The summed E-state index contributed by atoms with van der Waals surface area (Å²) in [5.41, 5.74) is 0.102. The molecule has 0 saturated carbocycles. The van der Waals surface area contributed by atoms with Crippen LogP contribution in [0.4, 0.5) is 0 Å². The number of rotatable bonds is 3. The fraction of sp³-hybridized carbons (Fsp3) is 0.917. The summed E-state index contributed by atoms with van der Waals surface area (Å²) in [6, 6.07) is 0.394. The number of piperidine rings is 1. The van der Waals surface area contributed by atoms with E-state index >= 15 is 0 Å². The summed E-state index contributed by atoms with van der Waals surface area (Å²) in [5.74, 6) is 0.591. The molecule has 4 heteroatoms. The maximum atomic E-state index is 11.4. The van der Waals surface area contributed by atoms with Gasteiger partial charge in [-0.3, -0.25) is 4.79 Å². The Bertz CT molecular complexity index is 235. The highest BCUT2D eigenvalue weighted by Gasteiger charge is 2.29. The SMILES string of the molecule is CNC(=O)CC1CCNCC1NC(C)(C)C. The number of hydrogen-bond acceptors (Lipinski definition) is 3. The van der Waals surface area contributed by atoms with Crippen LogP contribution in [-0.4, -0.2) is 37.6 Å². The van der Waals surface area contributed by atoms with E-state index in [0.717, 1.165) is 19.5 Å². The van der Waals surface area contributed by atoms with E-state index in [1.807, 2.05) is 0 Å². The van der Waals surface area contributed by atoms with Gasteiger partial charge in [-0.05, 0) is 39.7 Å². The Balaban J connectivity index is 2.53. The molecule has 1 amide bonds. The lowest BCUT2D eigenvalue weighted by Crippen LogP contribution is -2.55. The Morgan fingerprint density at radius 2 is 2.12 bits per heavy atom. The van der Waals surface area contributed by atoms with Crippen molar-refractivity contribution in [2.24, 2.45) is 5.92 Å². The molecule has 0 bridgehead atoms. The van der Waals surface area contributed by atoms with Gasteiger partial charge in [-0.1, -0.05) is 0 Å². The second-order valence-electron chi connectivity index (χ2n) is 5.63. The van der Waals surface area contributed by atoms with Gasteiger partial charge in [0.15, 0.2) is 0 Å². The molecule has 0 radical (unpaired) electrons. The zero-order valence-corrected chi connectivity index (χ0v) is 10.9. The molecule has 0 spiro atoms. The molecule has 0 aromatic heterocycles. The normalized spacial score (nSPS) is 26.5. The Hall–Kier alpha value is -0.610. The monoisotopic (exact) mass is 227 g/mol. The third-order valence-corrected chi connectivity index (χ3v) is 2.97. The average Bonchev–Trinajstić information content (AvgIpc) is 2.18. The van der Waals surface area contributed by atoms with Gasteiger partial charge in [0.05, 0.1) is 0 Å². The van der Waals surface area contributed by atoms with Crippen LogP contribution in [0, 0.1) is 5.92 Å². The molecule has 0 aromatic rings. The number of hydrogen-bond donors (Lipinski definition) is 3. The summed E-state index contributed by atoms with van der Waals surface area (Å²) in [7, 11) is 1.70. The molecule has 0 aliphatic carbocycles. The van der Waals surface area contributed by atoms with Crippen LogP contribution in [0.25, 0.3) is 0 Å². The Labute approximate surface area is 98.6 Å². The molecular weight excluding hydrogens is 202 g/mol. The van der Waals surface area contributed by atoms with Crippen molar-refractivity contribution in [2.75, 3.05) is 20.1 Å². The molecule has 3 N–H and O–H groups in total. The molecule has 0 aromatic carbocycles. The van der Waals surface area contributed by atoms with E-state index in [1.54, 1.807) is 7.05 Å². The number of carbonyl (C=O) groups is 1. The van der Waals surface area contributed by atoms with E-state index in [0.29, 0.717) is 18.4 Å². The standard InChI is InChI=1S/C12H25N3O/c1-12(2,3)15-10-8-14-6-5-9(10)7-11(16)13-4/h9-10,14-15H,5-8H2,1-4H3,(H,13,16). The molecule has 94 valence electrons. The second kappa shape index (κ2) is 5.64. The van der Waals surface area contributed by atoms with Crippen LogP contribution in [0.3, 0.4) is 0 Å². The number of amides is 1. The lowest BCUT2D eigenvalue weighted by atomic mass is 9.87. The van der Waals surface area contributed by atoms with Crippen molar-refractivity contribution < 1.29 is 4.79 Å². The van der Waals surface area contributed by atoms with Crippen LogP contribution < -0.4 is 16.0 Å². The molecule has 4 nitrogen and oxygen atoms in total. The van der Waals surface area contributed by atoms with Crippen molar-refractivity contribution in [2.45, 2.75) is 45.2 Å². The van der Waals surface area contributed by atoms with Gasteiger partial charge in [0.2, 0.25) is 5.91 Å². The second-order valence-corrected chi connectivity index (χ2v) is 5.63. The molecular formula is C12H25N3O. The van der Waals surface area contributed by atoms with Gasteiger partial charge in [0, 0.05) is 31.6 Å². The lowest BCUT2D eigenvalue weighted by Gasteiger charge is -2.37. The minimum atomic E-state index is 0.102. The Morgan fingerprint density at radius 3 is 2.69 bits per heavy atom. The smallest absolute Gasteiger partial charge is 0.220 e. The van der Waals surface area contributed by atoms with Crippen LogP contribution in [0.5, 0.6) is 0 Å². The molecule has 2 atom stereocenters. The lowest BCUT2D eigenvalue weighted by molar-refractivity contribution is -0.122. The van der Waals surface area contributed by atoms with Crippen LogP contribution in [0.2, 0.25) is 0 Å². The third-order valence-electron chi connectivity index (χ3n) is 2.97. The minimum Gasteiger partial charge on any atom is -0.359 e. The summed E-state index contributed by atoms with van der Waals surface area (Å²) in [6.45, 7) is 8.47. The maximum absolute atomic E-state index is 11.4. The molecule has 1 aliphatic rings. The van der Waals surface area contributed by atoms with Crippen molar-refractivity contribution in [1.29, 1.82) is 0 Å². The first-order valence-corrected chi connectivity index (χ1v) is 6.11. The summed E-state index contributed by atoms with van der Waals surface area (Å²) >= 11 is 0. The van der Waals surface area contributed by atoms with Crippen LogP contribution in [0.15, 0.2) is 0 Å². The molecule has 2 unspecified atom stereocenters. The summed E-state index contributed by atoms with van der Waals surface area (Å²) in [6.07, 6.45) is 1.70. The fourth-order valence-corrected chi connectivity index (χ4v) is 2.22. The Morgan fingerprint density at radius 1 is 1.44 bits per heavy atom. The van der Waals surface area contributed by atoms with Gasteiger partial charge in [0.25, 0.3) is 0 Å². The van der Waals surface area contributed by atoms with Crippen molar-refractivity contribution in [3.05, 3.63) is 0 Å². The van der Waals surface area contributed by atoms with E-state index < -0.39 is 0 Å². The first-order chi connectivity index (χ1) is 7.42. The molecule has 1 rings (SSSR count). The highest BCUT2D eigenvalue weighted by molar-refractivity contribution is 5.75. The van der Waals surface area contributed by atoms with Crippen LogP contribution in [-0.2, 0) is 4.79 Å². The predicted molar refractivity (Wildman–Crippen MR) is 66.3 cm³/mol. The van der Waals surface area contributed by atoms with E-state index in [9.17, 15) is 4.79 Å². The van der Waals surface area contributed by atoms with Crippen molar-refractivity contribution in [3.63, 3.8) is 0 Å². The molecule has 1 fully saturated rings. The summed E-state index contributed by atoms with van der Waals surface area (Å²) < 4.78 is 0. The van der Waals surface area contributed by atoms with E-state index in [1.165, 1.54) is 0 Å². The highest BCUT2D eigenvalue weighted by atomic mass is 16.1. The Kier molecular flexibility index (Phi) is 4.74. The molecule has 1 saturated heterocycles. The van der Waals surface area contributed by atoms with Crippen molar-refractivity contribution in [1.82, 2.24) is 16.0 Å². The van der Waals surface area contributed by atoms with Gasteiger partial charge in [0.1, 0.15) is 0 Å². The zero-order chi connectivity index (χ0) is 12.2. The largest absolute Gasteiger partial charge is 0.359 e. The predicted octanol–water partition coefficient (Wildman–Crippen LogP) is 0.489. The van der Waals surface area contributed by atoms with Gasteiger partial charge < -0.3 is 16.0 Å². The maximum Gasteiger partial charge on any atom is 0.220 e. The quantitative estimate of drug-likeness (QED) is 0.658. The first kappa shape index (κ1) is 13.5. The van der Waals surface area contributed by atoms with Crippen molar-refractivity contribution >= 4 is 5.91 Å². The van der Waals surface area contributed by atoms with E-state index in [2.05, 4.69) is 36.7 Å². The number of nitrogens with one attached hydrogen (secondary N) is 3. The van der Waals surface area contributed by atoms with E-state index in [4.69, 9.17) is 0 Å². The fourth-order valence-electron chi connectivity index (χ4n) is 2.22. The summed E-state index contributed by atoms with van der Waals surface area (Å²) in [4.78, 5) is 11.4. The van der Waals surface area contributed by atoms with Crippen LogP contribution in [0.1, 0.15) is 33.6 Å². The molecule has 1 aliphatic heterocycles. The third kappa shape index (κ3) is 4.49. The van der Waals surface area contributed by atoms with Gasteiger partial charge in [-0.15, -0.1) is 0 Å². The topological polar surface area (TPSA) is 53.2 Å². The molecule has 16 heavy (non-hydrogen) atoms.